The first-order chi connectivity index (χ1) is 8.69. The molecule has 1 aromatic rings. The lowest BCUT2D eigenvalue weighted by molar-refractivity contribution is -0.0359. The van der Waals surface area contributed by atoms with Gasteiger partial charge in [-0.1, -0.05) is 6.42 Å². The van der Waals surface area contributed by atoms with Gasteiger partial charge in [-0.3, -0.25) is 0 Å². The van der Waals surface area contributed by atoms with Crippen LogP contribution in [0, 0.1) is 11.3 Å². The summed E-state index contributed by atoms with van der Waals surface area (Å²) in [6.07, 6.45) is 6.60. The van der Waals surface area contributed by atoms with E-state index in [2.05, 4.69) is 10.3 Å². The van der Waals surface area contributed by atoms with Gasteiger partial charge in [0, 0.05) is 18.3 Å². The van der Waals surface area contributed by atoms with Crippen molar-refractivity contribution < 1.29 is 5.11 Å². The van der Waals surface area contributed by atoms with E-state index in [4.69, 9.17) is 5.26 Å². The molecule has 18 heavy (non-hydrogen) atoms. The lowest BCUT2D eigenvalue weighted by Gasteiger charge is -2.45. The summed E-state index contributed by atoms with van der Waals surface area (Å²) >= 11 is 0. The summed E-state index contributed by atoms with van der Waals surface area (Å²) in [7, 11) is 0. The van der Waals surface area contributed by atoms with Crippen molar-refractivity contribution in [2.45, 2.75) is 49.8 Å². The fourth-order valence-corrected chi connectivity index (χ4v) is 3.35. The number of piperidine rings is 2. The number of nitriles is 1. The van der Waals surface area contributed by atoms with Crippen LogP contribution in [0.1, 0.15) is 43.4 Å². The maximum Gasteiger partial charge on any atom is 0.140 e. The highest BCUT2D eigenvalue weighted by Crippen LogP contribution is 2.39. The minimum Gasteiger partial charge on any atom is -0.385 e. The van der Waals surface area contributed by atoms with Crippen LogP contribution in [0.15, 0.2) is 18.3 Å². The van der Waals surface area contributed by atoms with Crippen LogP contribution in [0.5, 0.6) is 0 Å². The predicted molar refractivity (Wildman–Crippen MR) is 66.6 cm³/mol. The molecule has 2 bridgehead atoms. The van der Waals surface area contributed by atoms with Gasteiger partial charge in [0.15, 0.2) is 0 Å². The highest BCUT2D eigenvalue weighted by Gasteiger charge is 2.41. The maximum atomic E-state index is 10.9. The van der Waals surface area contributed by atoms with E-state index >= 15 is 0 Å². The van der Waals surface area contributed by atoms with Crippen molar-refractivity contribution in [1.82, 2.24) is 10.3 Å². The molecule has 0 aromatic carbocycles. The number of aromatic nitrogens is 1. The normalized spacial score (nSPS) is 34.9. The summed E-state index contributed by atoms with van der Waals surface area (Å²) in [5, 5.41) is 23.4. The molecule has 2 aliphatic rings. The molecule has 2 saturated heterocycles. The fraction of sp³-hybridized carbons (Fsp3) is 0.571. The smallest absolute Gasteiger partial charge is 0.140 e. The van der Waals surface area contributed by atoms with E-state index in [1.54, 1.807) is 12.3 Å². The van der Waals surface area contributed by atoms with Crippen LogP contribution < -0.4 is 5.32 Å². The number of nitrogens with zero attached hydrogens (tertiary/aromatic N) is 2. The Kier molecular flexibility index (Phi) is 2.81. The molecule has 2 N–H and O–H groups in total. The van der Waals surface area contributed by atoms with Crippen molar-refractivity contribution in [1.29, 1.82) is 5.26 Å². The van der Waals surface area contributed by atoms with Crippen LogP contribution in [0.3, 0.4) is 0 Å². The average molecular weight is 243 g/mol. The van der Waals surface area contributed by atoms with Crippen LogP contribution in [-0.2, 0) is 5.60 Å². The molecule has 3 rings (SSSR count). The summed E-state index contributed by atoms with van der Waals surface area (Å²) in [5.41, 5.74) is 0.423. The quantitative estimate of drug-likeness (QED) is 0.783. The molecule has 0 radical (unpaired) electrons. The highest BCUT2D eigenvalue weighted by atomic mass is 16.3. The van der Waals surface area contributed by atoms with E-state index in [9.17, 15) is 5.11 Å². The number of nitrogens with one attached hydrogen (secondary N) is 1. The SMILES string of the molecule is N#Cc1cc(C2(O)CC3CCCC(C2)N3)ccn1. The van der Waals surface area contributed by atoms with Gasteiger partial charge < -0.3 is 10.4 Å². The number of aliphatic hydroxyl groups is 1. The van der Waals surface area contributed by atoms with Gasteiger partial charge in [-0.15, -0.1) is 0 Å². The predicted octanol–water partition coefficient (Wildman–Crippen LogP) is 1.45. The second-order valence-electron chi connectivity index (χ2n) is 5.47. The zero-order valence-corrected chi connectivity index (χ0v) is 10.3. The Morgan fingerprint density at radius 1 is 1.39 bits per heavy atom. The van der Waals surface area contributed by atoms with Crippen molar-refractivity contribution in [2.75, 3.05) is 0 Å². The first kappa shape index (κ1) is 11.6. The lowest BCUT2D eigenvalue weighted by atomic mass is 9.74. The average Bonchev–Trinajstić information content (AvgIpc) is 2.38. The monoisotopic (exact) mass is 243 g/mol. The van der Waals surface area contributed by atoms with E-state index in [0.717, 1.165) is 31.2 Å². The molecule has 4 heteroatoms. The van der Waals surface area contributed by atoms with Crippen LogP contribution in [0.2, 0.25) is 0 Å². The van der Waals surface area contributed by atoms with E-state index in [1.165, 1.54) is 6.42 Å². The molecule has 2 unspecified atom stereocenters. The first-order valence-electron chi connectivity index (χ1n) is 6.55. The zero-order valence-electron chi connectivity index (χ0n) is 10.3. The van der Waals surface area contributed by atoms with Gasteiger partial charge in [-0.2, -0.15) is 5.26 Å². The Balaban J connectivity index is 1.92. The Bertz CT molecular complexity index is 482. The summed E-state index contributed by atoms with van der Waals surface area (Å²) in [6.45, 7) is 0. The molecule has 4 nitrogen and oxygen atoms in total. The number of pyridine rings is 1. The summed E-state index contributed by atoms with van der Waals surface area (Å²) in [4.78, 5) is 3.97. The van der Waals surface area contributed by atoms with E-state index < -0.39 is 5.60 Å². The second-order valence-corrected chi connectivity index (χ2v) is 5.47. The largest absolute Gasteiger partial charge is 0.385 e. The van der Waals surface area contributed by atoms with Crippen molar-refractivity contribution in [3.05, 3.63) is 29.6 Å². The third kappa shape index (κ3) is 2.00. The zero-order chi connectivity index (χ0) is 12.6. The molecule has 3 heterocycles. The van der Waals surface area contributed by atoms with Crippen LogP contribution in [0.4, 0.5) is 0 Å². The van der Waals surface area contributed by atoms with E-state index in [0.29, 0.717) is 17.8 Å². The molecule has 0 amide bonds. The summed E-state index contributed by atoms with van der Waals surface area (Å²) < 4.78 is 0. The molecule has 0 saturated carbocycles. The number of fused-ring (bicyclic) bond motifs is 2. The molecule has 2 fully saturated rings. The van der Waals surface area contributed by atoms with Gasteiger partial charge in [-0.05, 0) is 43.4 Å². The van der Waals surface area contributed by atoms with Gasteiger partial charge in [-0.25, -0.2) is 4.98 Å². The first-order valence-corrected chi connectivity index (χ1v) is 6.55. The van der Waals surface area contributed by atoms with E-state index in [1.807, 2.05) is 12.1 Å². The third-order valence-corrected chi connectivity index (χ3v) is 4.16. The van der Waals surface area contributed by atoms with Crippen molar-refractivity contribution >= 4 is 0 Å². The minimum absolute atomic E-state index is 0.379. The second kappa shape index (κ2) is 4.34. The molecule has 0 aliphatic carbocycles. The topological polar surface area (TPSA) is 68.9 Å². The molecule has 0 spiro atoms. The number of hydrogen-bond acceptors (Lipinski definition) is 4. The van der Waals surface area contributed by atoms with Gasteiger partial charge in [0.05, 0.1) is 5.60 Å². The fourth-order valence-electron chi connectivity index (χ4n) is 3.35. The Morgan fingerprint density at radius 3 is 2.78 bits per heavy atom. The van der Waals surface area contributed by atoms with Crippen LogP contribution in [0.25, 0.3) is 0 Å². The van der Waals surface area contributed by atoms with Crippen molar-refractivity contribution in [3.8, 4) is 6.07 Å². The van der Waals surface area contributed by atoms with Gasteiger partial charge >= 0.3 is 0 Å². The maximum absolute atomic E-state index is 10.9. The Labute approximate surface area is 107 Å². The highest BCUT2D eigenvalue weighted by molar-refractivity contribution is 5.30. The Hall–Kier alpha value is -1.44. The van der Waals surface area contributed by atoms with E-state index in [-0.39, 0.29) is 0 Å². The Morgan fingerprint density at radius 2 is 2.11 bits per heavy atom. The summed E-state index contributed by atoms with van der Waals surface area (Å²) in [5.74, 6) is 0. The number of hydrogen-bond donors (Lipinski definition) is 2. The molecule has 2 atom stereocenters. The van der Waals surface area contributed by atoms with Crippen molar-refractivity contribution in [2.24, 2.45) is 0 Å². The molecular formula is C14H17N3O. The molecule has 1 aromatic heterocycles. The van der Waals surface area contributed by atoms with Crippen molar-refractivity contribution in [3.63, 3.8) is 0 Å². The summed E-state index contributed by atoms with van der Waals surface area (Å²) in [6, 6.07) is 6.40. The molecule has 2 aliphatic heterocycles. The molecular weight excluding hydrogens is 226 g/mol. The third-order valence-electron chi connectivity index (χ3n) is 4.16. The minimum atomic E-state index is -0.796. The van der Waals surface area contributed by atoms with Crippen LogP contribution >= 0.6 is 0 Å². The van der Waals surface area contributed by atoms with Gasteiger partial charge in [0.25, 0.3) is 0 Å². The van der Waals surface area contributed by atoms with Gasteiger partial charge in [0.2, 0.25) is 0 Å². The number of rotatable bonds is 1. The lowest BCUT2D eigenvalue weighted by Crippen LogP contribution is -2.54. The van der Waals surface area contributed by atoms with Gasteiger partial charge in [0.1, 0.15) is 11.8 Å². The van der Waals surface area contributed by atoms with Crippen LogP contribution in [-0.4, -0.2) is 22.2 Å². The molecule has 94 valence electrons. The standard InChI is InChI=1S/C14H17N3O/c15-9-13-6-10(4-5-16-13)14(18)7-11-2-1-3-12(8-14)17-11/h4-6,11-12,17-18H,1-3,7-8H2.